The van der Waals surface area contributed by atoms with Gasteiger partial charge in [-0.15, -0.1) is 0 Å². The summed E-state index contributed by atoms with van der Waals surface area (Å²) in [6, 6.07) is 60.5. The van der Waals surface area contributed by atoms with E-state index in [9.17, 15) is 4.39 Å². The molecule has 0 amide bonds. The largest absolute Gasteiger partial charge is 0.311 e. The monoisotopic (exact) mass is 622 g/mol. The molecule has 0 aliphatic carbocycles. The van der Waals surface area contributed by atoms with E-state index in [1.165, 1.54) is 5.56 Å². The van der Waals surface area contributed by atoms with E-state index in [1.807, 2.05) is 24.3 Å². The van der Waals surface area contributed by atoms with E-state index >= 15 is 0 Å². The first-order valence-electron chi connectivity index (χ1n) is 16.4. The Balaban J connectivity index is 1.22. The molecule has 48 heavy (non-hydrogen) atoms. The lowest BCUT2D eigenvalue weighted by Gasteiger charge is -2.42. The van der Waals surface area contributed by atoms with E-state index in [4.69, 9.17) is 0 Å². The van der Waals surface area contributed by atoms with E-state index in [2.05, 4.69) is 163 Å². The van der Waals surface area contributed by atoms with Gasteiger partial charge in [0.2, 0.25) is 0 Å². The lowest BCUT2D eigenvalue weighted by atomic mass is 9.73. The lowest BCUT2D eigenvalue weighted by molar-refractivity contribution is 0.609. The molecule has 0 unspecified atom stereocenters. The van der Waals surface area contributed by atoms with Crippen LogP contribution in [0.1, 0.15) is 25.0 Å². The molecule has 8 rings (SSSR count). The minimum atomic E-state index is -0.348. The Hall–Kier alpha value is -5.93. The van der Waals surface area contributed by atoms with Crippen molar-refractivity contribution in [2.45, 2.75) is 19.3 Å². The average molecular weight is 623 g/mol. The minimum Gasteiger partial charge on any atom is -0.311 e. The molecule has 0 atom stereocenters. The first-order valence-corrected chi connectivity index (χ1v) is 16.4. The van der Waals surface area contributed by atoms with Crippen LogP contribution in [-0.4, -0.2) is 0 Å². The van der Waals surface area contributed by atoms with Crippen molar-refractivity contribution in [1.82, 2.24) is 0 Å². The maximum atomic E-state index is 14.9. The van der Waals surface area contributed by atoms with Crippen LogP contribution < -0.4 is 9.80 Å². The Morgan fingerprint density at radius 2 is 0.979 bits per heavy atom. The molecule has 0 aromatic heterocycles. The Bertz CT molecular complexity index is 2170. The number of fused-ring (bicyclic) bond motifs is 2. The fourth-order valence-corrected chi connectivity index (χ4v) is 7.04. The predicted octanol–water partition coefficient (Wildman–Crippen LogP) is 12.7. The Morgan fingerprint density at radius 3 is 1.65 bits per heavy atom. The molecule has 7 aromatic carbocycles. The van der Waals surface area contributed by atoms with Crippen LogP contribution in [0.15, 0.2) is 176 Å². The molecule has 7 aromatic rings. The topological polar surface area (TPSA) is 6.48 Å². The van der Waals surface area contributed by atoms with E-state index in [0.717, 1.165) is 61.9 Å². The third-order valence-electron chi connectivity index (χ3n) is 9.48. The second-order valence-corrected chi connectivity index (χ2v) is 12.8. The van der Waals surface area contributed by atoms with Crippen molar-refractivity contribution in [3.05, 3.63) is 193 Å². The molecule has 0 saturated heterocycles. The highest BCUT2D eigenvalue weighted by Gasteiger charge is 2.37. The molecule has 1 aliphatic heterocycles. The van der Waals surface area contributed by atoms with E-state index in [1.54, 1.807) is 12.1 Å². The van der Waals surface area contributed by atoms with Crippen LogP contribution in [0.3, 0.4) is 0 Å². The number of rotatable bonds is 6. The molecular weight excluding hydrogens is 588 g/mol. The number of anilines is 6. The van der Waals surface area contributed by atoms with Crippen LogP contribution in [0.4, 0.5) is 38.5 Å². The molecule has 1 aliphatic rings. The van der Waals surface area contributed by atoms with Gasteiger partial charge < -0.3 is 9.80 Å². The molecule has 232 valence electrons. The lowest BCUT2D eigenvalue weighted by Crippen LogP contribution is -2.30. The van der Waals surface area contributed by atoms with Crippen LogP contribution in [0.2, 0.25) is 0 Å². The molecule has 0 spiro atoms. The van der Waals surface area contributed by atoms with Crippen molar-refractivity contribution in [3.8, 4) is 22.3 Å². The number of hydrogen-bond donors (Lipinski definition) is 0. The van der Waals surface area contributed by atoms with Crippen LogP contribution >= 0.6 is 0 Å². The Labute approximate surface area is 282 Å². The van der Waals surface area contributed by atoms with Gasteiger partial charge in [-0.05, 0) is 106 Å². The molecule has 0 fully saturated rings. The summed E-state index contributed by atoms with van der Waals surface area (Å²) in [6.45, 7) is 4.48. The molecule has 0 radical (unpaired) electrons. The fourth-order valence-electron chi connectivity index (χ4n) is 7.04. The van der Waals surface area contributed by atoms with Crippen molar-refractivity contribution in [2.75, 3.05) is 9.80 Å². The summed E-state index contributed by atoms with van der Waals surface area (Å²) < 4.78 is 14.9. The van der Waals surface area contributed by atoms with Crippen molar-refractivity contribution < 1.29 is 4.39 Å². The molecule has 3 heteroatoms. The maximum absolute atomic E-state index is 14.9. The highest BCUT2D eigenvalue weighted by atomic mass is 19.1. The van der Waals surface area contributed by atoms with Crippen molar-refractivity contribution in [3.63, 3.8) is 0 Å². The third kappa shape index (κ3) is 5.24. The maximum Gasteiger partial charge on any atom is 0.125 e. The second kappa shape index (κ2) is 12.0. The third-order valence-corrected chi connectivity index (χ3v) is 9.48. The van der Waals surface area contributed by atoms with Gasteiger partial charge in [-0.3, -0.25) is 0 Å². The molecule has 0 bridgehead atoms. The predicted molar refractivity (Wildman–Crippen MR) is 199 cm³/mol. The van der Waals surface area contributed by atoms with Crippen LogP contribution in [-0.2, 0) is 5.41 Å². The smallest absolute Gasteiger partial charge is 0.125 e. The first-order chi connectivity index (χ1) is 23.5. The van der Waals surface area contributed by atoms with Crippen molar-refractivity contribution in [2.24, 2.45) is 0 Å². The molecule has 0 saturated carbocycles. The highest BCUT2D eigenvalue weighted by Crippen LogP contribution is 2.53. The average Bonchev–Trinajstić information content (AvgIpc) is 3.13. The Kier molecular flexibility index (Phi) is 7.38. The normalized spacial score (nSPS) is 13.0. The van der Waals surface area contributed by atoms with Crippen molar-refractivity contribution in [1.29, 1.82) is 0 Å². The summed E-state index contributed by atoms with van der Waals surface area (Å²) >= 11 is 0. The van der Waals surface area contributed by atoms with E-state index < -0.39 is 0 Å². The van der Waals surface area contributed by atoms with Crippen LogP contribution in [0.5, 0.6) is 0 Å². The zero-order valence-electron chi connectivity index (χ0n) is 27.0. The number of hydrogen-bond acceptors (Lipinski definition) is 2. The standard InChI is InChI=1S/C45H35FN2/c1-45(2)41-27-24-36(46)31-44(41)48(40-20-12-15-34(29-40)32-13-6-3-7-14-32)43-28-23-35(30-42(43)45)33-21-25-39(26-22-33)47(37-16-8-4-9-17-37)38-18-10-5-11-19-38/h3-31H,1-2H3. The summed E-state index contributed by atoms with van der Waals surface area (Å²) in [4.78, 5) is 4.49. The molecule has 0 N–H and O–H groups in total. The zero-order valence-corrected chi connectivity index (χ0v) is 27.0. The van der Waals surface area contributed by atoms with Crippen LogP contribution in [0, 0.1) is 5.82 Å². The summed E-state index contributed by atoms with van der Waals surface area (Å²) in [7, 11) is 0. The van der Waals surface area contributed by atoms with Crippen molar-refractivity contribution >= 4 is 34.1 Å². The van der Waals surface area contributed by atoms with Gasteiger partial charge in [-0.2, -0.15) is 0 Å². The SMILES string of the molecule is CC1(C)c2ccc(F)cc2N(c2cccc(-c3ccccc3)c2)c2ccc(-c3ccc(N(c4ccccc4)c4ccccc4)cc3)cc21. The number of nitrogens with zero attached hydrogens (tertiary/aromatic N) is 2. The van der Waals surface area contributed by atoms with Gasteiger partial charge in [0.25, 0.3) is 0 Å². The first kappa shape index (κ1) is 29.5. The second-order valence-electron chi connectivity index (χ2n) is 12.8. The summed E-state index contributed by atoms with van der Waals surface area (Å²) in [5.41, 5.74) is 12.7. The fraction of sp³-hybridized carbons (Fsp3) is 0.0667. The van der Waals surface area contributed by atoms with Gasteiger partial charge in [-0.25, -0.2) is 4.39 Å². The Morgan fingerprint density at radius 1 is 0.438 bits per heavy atom. The van der Waals surface area contributed by atoms with Crippen LogP contribution in [0.25, 0.3) is 22.3 Å². The number of para-hydroxylation sites is 2. The van der Waals surface area contributed by atoms with E-state index in [0.29, 0.717) is 0 Å². The van der Waals surface area contributed by atoms with Gasteiger partial charge in [0.15, 0.2) is 0 Å². The molecular formula is C45H35FN2. The van der Waals surface area contributed by atoms with Gasteiger partial charge in [-0.1, -0.05) is 117 Å². The quantitative estimate of drug-likeness (QED) is 0.182. The van der Waals surface area contributed by atoms with E-state index in [-0.39, 0.29) is 11.2 Å². The molecule has 1 heterocycles. The highest BCUT2D eigenvalue weighted by molar-refractivity contribution is 5.89. The van der Waals surface area contributed by atoms with Gasteiger partial charge in [0.05, 0.1) is 11.4 Å². The zero-order chi connectivity index (χ0) is 32.7. The van der Waals surface area contributed by atoms with Gasteiger partial charge in [0, 0.05) is 28.2 Å². The summed E-state index contributed by atoms with van der Waals surface area (Å²) in [5, 5.41) is 0. The minimum absolute atomic E-state index is 0.242. The summed E-state index contributed by atoms with van der Waals surface area (Å²) in [6.07, 6.45) is 0. The number of benzene rings is 7. The van der Waals surface area contributed by atoms with Gasteiger partial charge >= 0.3 is 0 Å². The number of halogens is 1. The van der Waals surface area contributed by atoms with Gasteiger partial charge in [0.1, 0.15) is 5.82 Å². The molecule has 2 nitrogen and oxygen atoms in total. The summed E-state index contributed by atoms with van der Waals surface area (Å²) in [5.74, 6) is -0.242.